The normalized spacial score (nSPS) is 16.0. The molecule has 0 unspecified atom stereocenters. The lowest BCUT2D eigenvalue weighted by molar-refractivity contribution is -0.140. The number of likely N-dealkylation sites (tertiary alicyclic amines) is 1. The molecule has 1 saturated heterocycles. The number of rotatable bonds is 6. The van der Waals surface area contributed by atoms with Gasteiger partial charge in [0.15, 0.2) is 5.76 Å². The predicted molar refractivity (Wildman–Crippen MR) is 98.5 cm³/mol. The van der Waals surface area contributed by atoms with Crippen molar-refractivity contribution in [3.63, 3.8) is 0 Å². The van der Waals surface area contributed by atoms with E-state index in [2.05, 4.69) is 9.88 Å². The van der Waals surface area contributed by atoms with Gasteiger partial charge >= 0.3 is 5.97 Å². The van der Waals surface area contributed by atoms with Gasteiger partial charge in [-0.3, -0.25) is 19.5 Å². The van der Waals surface area contributed by atoms with Crippen molar-refractivity contribution in [3.8, 4) is 5.75 Å². The van der Waals surface area contributed by atoms with Gasteiger partial charge in [0, 0.05) is 18.5 Å². The first-order valence-electron chi connectivity index (χ1n) is 9.13. The summed E-state index contributed by atoms with van der Waals surface area (Å²) in [5, 5.41) is 10.4. The molecule has 0 aromatic carbocycles. The second-order valence-corrected chi connectivity index (χ2v) is 6.74. The highest BCUT2D eigenvalue weighted by Crippen LogP contribution is 2.33. The van der Waals surface area contributed by atoms with Crippen LogP contribution in [0.5, 0.6) is 5.75 Å². The molecule has 2 aromatic rings. The molecule has 0 bridgehead atoms. The first-order chi connectivity index (χ1) is 13.1. The fraction of sp³-hybridized carbons (Fsp3) is 0.450. The van der Waals surface area contributed by atoms with E-state index in [9.17, 15) is 14.7 Å². The molecule has 1 aliphatic heterocycles. The minimum absolute atomic E-state index is 0.0514. The summed E-state index contributed by atoms with van der Waals surface area (Å²) in [6.45, 7) is 2.41. The van der Waals surface area contributed by atoms with E-state index in [1.165, 1.54) is 19.6 Å². The molecule has 1 fully saturated rings. The minimum Gasteiger partial charge on any atom is -0.502 e. The summed E-state index contributed by atoms with van der Waals surface area (Å²) >= 11 is 0. The number of piperidine rings is 1. The lowest BCUT2D eigenvalue weighted by Gasteiger charge is -2.26. The maximum absolute atomic E-state index is 12.3. The SMILES string of the molecule is COC(=O)C[C@H](c1ccncc1)c1oc(CN2CCCCC2)cc(=O)c1O. The molecule has 0 spiro atoms. The van der Waals surface area contributed by atoms with Gasteiger partial charge in [-0.15, -0.1) is 0 Å². The fourth-order valence-electron chi connectivity index (χ4n) is 3.41. The van der Waals surface area contributed by atoms with Crippen molar-refractivity contribution >= 4 is 5.97 Å². The molecule has 27 heavy (non-hydrogen) atoms. The van der Waals surface area contributed by atoms with Gasteiger partial charge in [-0.2, -0.15) is 0 Å². The van der Waals surface area contributed by atoms with Gasteiger partial charge in [0.25, 0.3) is 0 Å². The highest BCUT2D eigenvalue weighted by molar-refractivity contribution is 5.71. The number of esters is 1. The molecule has 7 heteroatoms. The van der Waals surface area contributed by atoms with Crippen LogP contribution in [0.1, 0.15) is 48.7 Å². The van der Waals surface area contributed by atoms with Crippen LogP contribution in [-0.2, 0) is 16.1 Å². The Labute approximate surface area is 157 Å². The van der Waals surface area contributed by atoms with Crippen LogP contribution in [0.3, 0.4) is 0 Å². The van der Waals surface area contributed by atoms with Crippen LogP contribution in [0.15, 0.2) is 39.8 Å². The van der Waals surface area contributed by atoms with Gasteiger partial charge in [-0.25, -0.2) is 0 Å². The van der Waals surface area contributed by atoms with Crippen molar-refractivity contribution < 1.29 is 19.1 Å². The Kier molecular flexibility index (Phi) is 6.24. The van der Waals surface area contributed by atoms with E-state index < -0.39 is 23.1 Å². The maximum atomic E-state index is 12.3. The number of carbonyl (C=O) groups is 1. The fourth-order valence-corrected chi connectivity index (χ4v) is 3.41. The molecule has 3 heterocycles. The summed E-state index contributed by atoms with van der Waals surface area (Å²) < 4.78 is 10.7. The molecule has 144 valence electrons. The summed E-state index contributed by atoms with van der Waals surface area (Å²) in [6, 6.07) is 4.78. The molecule has 0 radical (unpaired) electrons. The molecule has 7 nitrogen and oxygen atoms in total. The zero-order chi connectivity index (χ0) is 19.2. The minimum atomic E-state index is -0.630. The molecule has 2 aromatic heterocycles. The Morgan fingerprint density at radius 1 is 1.30 bits per heavy atom. The molecule has 0 aliphatic carbocycles. The Bertz CT molecular complexity index is 828. The molecule has 1 aliphatic rings. The number of carbonyl (C=O) groups excluding carboxylic acids is 1. The van der Waals surface area contributed by atoms with E-state index in [1.807, 2.05) is 0 Å². The molecule has 0 saturated carbocycles. The Morgan fingerprint density at radius 3 is 2.67 bits per heavy atom. The van der Waals surface area contributed by atoms with Crippen molar-refractivity contribution in [1.82, 2.24) is 9.88 Å². The second-order valence-electron chi connectivity index (χ2n) is 6.74. The average molecular weight is 372 g/mol. The largest absolute Gasteiger partial charge is 0.502 e. The molecule has 3 rings (SSSR count). The summed E-state index contributed by atoms with van der Waals surface area (Å²) in [7, 11) is 1.30. The Morgan fingerprint density at radius 2 is 2.00 bits per heavy atom. The summed E-state index contributed by atoms with van der Waals surface area (Å²) in [5.41, 5.74) is 0.205. The lowest BCUT2D eigenvalue weighted by Crippen LogP contribution is -2.29. The van der Waals surface area contributed by atoms with Crippen LogP contribution in [-0.4, -0.2) is 41.2 Å². The van der Waals surface area contributed by atoms with Crippen molar-refractivity contribution in [2.45, 2.75) is 38.1 Å². The van der Waals surface area contributed by atoms with Gasteiger partial charge in [-0.05, 0) is 43.6 Å². The first-order valence-corrected chi connectivity index (χ1v) is 9.13. The van der Waals surface area contributed by atoms with E-state index in [4.69, 9.17) is 9.15 Å². The highest BCUT2D eigenvalue weighted by atomic mass is 16.5. The molecule has 1 atom stereocenters. The van der Waals surface area contributed by atoms with Crippen LogP contribution < -0.4 is 5.43 Å². The van der Waals surface area contributed by atoms with E-state index in [0.29, 0.717) is 17.9 Å². The highest BCUT2D eigenvalue weighted by Gasteiger charge is 2.27. The third-order valence-electron chi connectivity index (χ3n) is 4.85. The molecular weight excluding hydrogens is 348 g/mol. The number of aromatic nitrogens is 1. The van der Waals surface area contributed by atoms with Crippen LogP contribution in [0.4, 0.5) is 0 Å². The van der Waals surface area contributed by atoms with Crippen LogP contribution in [0.25, 0.3) is 0 Å². The standard InChI is InChI=1S/C20H24N2O5/c1-26-18(24)12-16(14-5-7-21-8-6-14)20-19(25)17(23)11-15(27-20)13-22-9-3-2-4-10-22/h5-8,11,16,25H,2-4,9-10,12-13H2,1H3/t16-/m1/s1. The number of nitrogens with zero attached hydrogens (tertiary/aromatic N) is 2. The van der Waals surface area contributed by atoms with Gasteiger partial charge in [-0.1, -0.05) is 6.42 Å². The third kappa shape index (κ3) is 4.74. The van der Waals surface area contributed by atoms with E-state index in [1.54, 1.807) is 24.5 Å². The van der Waals surface area contributed by atoms with E-state index >= 15 is 0 Å². The van der Waals surface area contributed by atoms with Gasteiger partial charge in [0.05, 0.1) is 26.0 Å². The summed E-state index contributed by atoms with van der Waals surface area (Å²) in [6.07, 6.45) is 6.59. The van der Waals surface area contributed by atoms with Gasteiger partial charge in [0.1, 0.15) is 5.76 Å². The quantitative estimate of drug-likeness (QED) is 0.778. The van der Waals surface area contributed by atoms with Crippen molar-refractivity contribution in [3.05, 3.63) is 57.9 Å². The number of pyridine rings is 1. The first kappa shape index (κ1) is 19.1. The summed E-state index contributed by atoms with van der Waals surface area (Å²) in [4.78, 5) is 30.5. The number of hydrogen-bond donors (Lipinski definition) is 1. The zero-order valence-corrected chi connectivity index (χ0v) is 15.4. The average Bonchev–Trinajstić information content (AvgIpc) is 2.70. The van der Waals surface area contributed by atoms with E-state index in [0.717, 1.165) is 25.9 Å². The van der Waals surface area contributed by atoms with Gasteiger partial charge < -0.3 is 14.3 Å². The van der Waals surface area contributed by atoms with Crippen LogP contribution in [0.2, 0.25) is 0 Å². The number of ether oxygens (including phenoxy) is 1. The van der Waals surface area contributed by atoms with E-state index in [-0.39, 0.29) is 12.2 Å². The number of methoxy groups -OCH3 is 1. The monoisotopic (exact) mass is 372 g/mol. The van der Waals surface area contributed by atoms with Crippen molar-refractivity contribution in [2.24, 2.45) is 0 Å². The summed E-state index contributed by atoms with van der Waals surface area (Å²) in [5.74, 6) is -0.984. The van der Waals surface area contributed by atoms with Crippen LogP contribution in [0, 0.1) is 0 Å². The third-order valence-corrected chi connectivity index (χ3v) is 4.85. The van der Waals surface area contributed by atoms with Crippen LogP contribution >= 0.6 is 0 Å². The van der Waals surface area contributed by atoms with Crippen molar-refractivity contribution in [2.75, 3.05) is 20.2 Å². The molecule has 1 N–H and O–H groups in total. The Balaban J connectivity index is 1.97. The van der Waals surface area contributed by atoms with Crippen molar-refractivity contribution in [1.29, 1.82) is 0 Å². The van der Waals surface area contributed by atoms with Gasteiger partial charge in [0.2, 0.25) is 11.2 Å². The molecular formula is C20H24N2O5. The predicted octanol–water partition coefficient (Wildman–Crippen LogP) is 2.42. The Hall–Kier alpha value is -2.67. The lowest BCUT2D eigenvalue weighted by atomic mass is 9.93. The number of hydrogen-bond acceptors (Lipinski definition) is 7. The topological polar surface area (TPSA) is 92.9 Å². The maximum Gasteiger partial charge on any atom is 0.306 e. The smallest absolute Gasteiger partial charge is 0.306 e. The second kappa shape index (κ2) is 8.81. The number of aromatic hydroxyl groups is 1. The zero-order valence-electron chi connectivity index (χ0n) is 15.4. The molecule has 0 amide bonds.